The lowest BCUT2D eigenvalue weighted by atomic mass is 10.2. The molecular weight excluding hydrogens is 420 g/mol. The lowest BCUT2D eigenvalue weighted by Gasteiger charge is -2.23. The van der Waals surface area contributed by atoms with Gasteiger partial charge in [0.1, 0.15) is 16.2 Å². The normalized spacial score (nSPS) is 13.0. The molecule has 1 aromatic rings. The largest absolute Gasteiger partial charge is 0.598 e. The Morgan fingerprint density at radius 2 is 2.04 bits per heavy atom. The van der Waals surface area contributed by atoms with Crippen molar-refractivity contribution in [2.45, 2.75) is 51.4 Å². The number of unbranched alkanes of at least 4 members (excludes halogenated alkanes) is 1. The summed E-state index contributed by atoms with van der Waals surface area (Å²) >= 11 is 2.02. The predicted molar refractivity (Wildman–Crippen MR) is 96.2 cm³/mol. The third-order valence-corrected chi connectivity index (χ3v) is 5.15. The molecular formula is C16H22BrF2NO4S. The summed E-state index contributed by atoms with van der Waals surface area (Å²) in [5.41, 5.74) is 0. The Hall–Kier alpha value is -0.900. The number of ether oxygens (including phenoxy) is 2. The van der Waals surface area contributed by atoms with E-state index in [1.54, 1.807) is 0 Å². The average molecular weight is 442 g/mol. The highest BCUT2D eigenvalue weighted by Gasteiger charge is 2.25. The zero-order valence-electron chi connectivity index (χ0n) is 14.3. The minimum Gasteiger partial charge on any atom is -0.598 e. The Bertz CT molecular complexity index is 570. The molecule has 0 heterocycles. The van der Waals surface area contributed by atoms with E-state index in [1.165, 1.54) is 18.2 Å². The Kier molecular flexibility index (Phi) is 9.12. The first-order chi connectivity index (χ1) is 11.6. The van der Waals surface area contributed by atoms with Crippen molar-refractivity contribution in [3.63, 3.8) is 0 Å². The standard InChI is InChI=1S/C16H22BrF2NO4S/c1-16(2,3)25(22)20-9-5-4-6-14(21)24-13-8-7-11(10-12(13)17)23-15(18)19/h7-8,10,15,20H,4-6,9H2,1-3H3/t25-/m0/s1. The number of carbonyl (C=O) groups is 1. The van der Waals surface area contributed by atoms with Crippen LogP contribution in [0, 0.1) is 0 Å². The Labute approximate surface area is 157 Å². The average Bonchev–Trinajstić information content (AvgIpc) is 2.48. The van der Waals surface area contributed by atoms with Crippen LogP contribution in [0.4, 0.5) is 8.78 Å². The van der Waals surface area contributed by atoms with Crippen LogP contribution in [0.2, 0.25) is 0 Å². The zero-order chi connectivity index (χ0) is 19.0. The van der Waals surface area contributed by atoms with Crippen LogP contribution >= 0.6 is 15.9 Å². The van der Waals surface area contributed by atoms with E-state index in [-0.39, 0.29) is 22.7 Å². The van der Waals surface area contributed by atoms with E-state index in [1.807, 2.05) is 20.8 Å². The monoisotopic (exact) mass is 441 g/mol. The molecule has 1 N–H and O–H groups in total. The van der Waals surface area contributed by atoms with Gasteiger partial charge in [-0.2, -0.15) is 8.78 Å². The van der Waals surface area contributed by atoms with Gasteiger partial charge in [-0.3, -0.25) is 4.79 Å². The number of nitrogens with one attached hydrogen (secondary N) is 1. The maximum atomic E-state index is 12.1. The fourth-order valence-electron chi connectivity index (χ4n) is 1.69. The highest BCUT2D eigenvalue weighted by Crippen LogP contribution is 2.30. The lowest BCUT2D eigenvalue weighted by Crippen LogP contribution is -2.39. The number of rotatable bonds is 9. The number of alkyl halides is 2. The SMILES string of the molecule is CC(C)(C)[S@+]([O-])NCCCCC(=O)Oc1ccc(OC(F)F)cc1Br. The van der Waals surface area contributed by atoms with Crippen LogP contribution < -0.4 is 14.2 Å². The summed E-state index contributed by atoms with van der Waals surface area (Å²) in [7, 11) is 0. The van der Waals surface area contributed by atoms with Gasteiger partial charge < -0.3 is 14.0 Å². The Morgan fingerprint density at radius 3 is 2.60 bits per heavy atom. The molecule has 0 aliphatic carbocycles. The highest BCUT2D eigenvalue weighted by atomic mass is 79.9. The molecule has 1 atom stereocenters. The third kappa shape index (κ3) is 8.84. The molecule has 25 heavy (non-hydrogen) atoms. The quantitative estimate of drug-likeness (QED) is 0.269. The fourth-order valence-corrected chi connectivity index (χ4v) is 2.89. The molecule has 0 unspecified atom stereocenters. The van der Waals surface area contributed by atoms with E-state index in [0.29, 0.717) is 23.9 Å². The first-order valence-corrected chi connectivity index (χ1v) is 9.64. The van der Waals surface area contributed by atoms with Crippen molar-refractivity contribution in [2.75, 3.05) is 6.54 Å². The third-order valence-electron chi connectivity index (χ3n) is 2.95. The summed E-state index contributed by atoms with van der Waals surface area (Å²) in [5.74, 6) is -0.224. The minimum atomic E-state index is -2.92. The van der Waals surface area contributed by atoms with Crippen molar-refractivity contribution in [1.29, 1.82) is 0 Å². The minimum absolute atomic E-state index is 0.0282. The molecule has 1 rings (SSSR count). The summed E-state index contributed by atoms with van der Waals surface area (Å²) in [4.78, 5) is 11.8. The van der Waals surface area contributed by atoms with Crippen molar-refractivity contribution in [3.05, 3.63) is 22.7 Å². The Balaban J connectivity index is 2.33. The molecule has 0 amide bonds. The van der Waals surface area contributed by atoms with Crippen LogP contribution in [0.5, 0.6) is 11.5 Å². The molecule has 0 spiro atoms. The zero-order valence-corrected chi connectivity index (χ0v) is 16.7. The van der Waals surface area contributed by atoms with E-state index in [0.717, 1.165) is 0 Å². The van der Waals surface area contributed by atoms with E-state index >= 15 is 0 Å². The summed E-state index contributed by atoms with van der Waals surface area (Å²) in [6, 6.07) is 3.99. The molecule has 0 aliphatic rings. The molecule has 0 radical (unpaired) electrons. The number of esters is 1. The molecule has 142 valence electrons. The lowest BCUT2D eigenvalue weighted by molar-refractivity contribution is -0.134. The van der Waals surface area contributed by atoms with E-state index in [4.69, 9.17) is 4.74 Å². The van der Waals surface area contributed by atoms with Gasteiger partial charge in [-0.1, -0.05) is 0 Å². The number of hydrogen-bond donors (Lipinski definition) is 1. The van der Waals surface area contributed by atoms with Gasteiger partial charge >= 0.3 is 12.6 Å². The summed E-state index contributed by atoms with van der Waals surface area (Å²) in [6.07, 6.45) is 1.46. The number of hydrogen-bond acceptors (Lipinski definition) is 5. The molecule has 1 aromatic carbocycles. The maximum absolute atomic E-state index is 12.1. The van der Waals surface area contributed by atoms with Gasteiger partial charge in [0.2, 0.25) is 0 Å². The summed E-state index contributed by atoms with van der Waals surface area (Å²) in [6.45, 7) is 3.26. The van der Waals surface area contributed by atoms with E-state index in [2.05, 4.69) is 25.4 Å². The predicted octanol–water partition coefficient (Wildman–Crippen LogP) is 4.18. The van der Waals surface area contributed by atoms with Gasteiger partial charge in [0.15, 0.2) is 0 Å². The highest BCUT2D eigenvalue weighted by molar-refractivity contribution is 9.10. The molecule has 5 nitrogen and oxygen atoms in total. The summed E-state index contributed by atoms with van der Waals surface area (Å²) in [5, 5.41) is 0. The second-order valence-corrected chi connectivity index (χ2v) is 9.08. The van der Waals surface area contributed by atoms with Gasteiger partial charge in [0, 0.05) is 24.3 Å². The van der Waals surface area contributed by atoms with E-state index < -0.39 is 23.9 Å². The van der Waals surface area contributed by atoms with Crippen molar-refractivity contribution in [2.24, 2.45) is 0 Å². The molecule has 0 fully saturated rings. The fraction of sp³-hybridized carbons (Fsp3) is 0.562. The van der Waals surface area contributed by atoms with Gasteiger partial charge in [0.05, 0.1) is 4.47 Å². The number of carbonyl (C=O) groups excluding carboxylic acids is 1. The summed E-state index contributed by atoms with van der Waals surface area (Å²) < 4.78 is 48.4. The van der Waals surface area contributed by atoms with Crippen LogP contribution in [-0.2, 0) is 16.2 Å². The topological polar surface area (TPSA) is 70.6 Å². The molecule has 0 bridgehead atoms. The van der Waals surface area contributed by atoms with Crippen molar-refractivity contribution in [1.82, 2.24) is 4.72 Å². The number of halogens is 3. The molecule has 0 aliphatic heterocycles. The number of benzene rings is 1. The molecule has 0 saturated carbocycles. The molecule has 0 aromatic heterocycles. The molecule has 9 heteroatoms. The van der Waals surface area contributed by atoms with Crippen LogP contribution in [0.3, 0.4) is 0 Å². The maximum Gasteiger partial charge on any atom is 0.387 e. The van der Waals surface area contributed by atoms with Crippen molar-refractivity contribution in [3.8, 4) is 11.5 Å². The van der Waals surface area contributed by atoms with Crippen LogP contribution in [0.25, 0.3) is 0 Å². The van der Waals surface area contributed by atoms with Crippen molar-refractivity contribution >= 4 is 33.3 Å². The van der Waals surface area contributed by atoms with Gasteiger partial charge in [-0.25, -0.2) is 0 Å². The second kappa shape index (κ2) is 10.3. The van der Waals surface area contributed by atoms with E-state index in [9.17, 15) is 18.1 Å². The Morgan fingerprint density at radius 1 is 1.36 bits per heavy atom. The first-order valence-electron chi connectivity index (χ1n) is 7.70. The van der Waals surface area contributed by atoms with Crippen LogP contribution in [0.1, 0.15) is 40.0 Å². The first kappa shape index (κ1) is 22.1. The second-order valence-electron chi connectivity index (χ2n) is 6.18. The van der Waals surface area contributed by atoms with Crippen LogP contribution in [-0.4, -0.2) is 28.4 Å². The molecule has 0 saturated heterocycles. The van der Waals surface area contributed by atoms with Crippen LogP contribution in [0.15, 0.2) is 22.7 Å². The van der Waals surface area contributed by atoms with Crippen molar-refractivity contribution < 1.29 is 27.6 Å². The van der Waals surface area contributed by atoms with Gasteiger partial charge in [-0.15, -0.1) is 4.72 Å². The van der Waals surface area contributed by atoms with Gasteiger partial charge in [0.25, 0.3) is 0 Å². The smallest absolute Gasteiger partial charge is 0.387 e. The van der Waals surface area contributed by atoms with Gasteiger partial charge in [-0.05, 0) is 67.7 Å².